The normalized spacial score (nSPS) is 10.8. The number of rotatable bonds is 4. The fourth-order valence-corrected chi connectivity index (χ4v) is 2.38. The molecule has 1 amide bonds. The average Bonchev–Trinajstić information content (AvgIpc) is 2.87. The molecule has 6 heteroatoms. The van der Waals surface area contributed by atoms with Crippen molar-refractivity contribution in [3.63, 3.8) is 0 Å². The number of aromatic nitrogens is 1. The van der Waals surface area contributed by atoms with Crippen molar-refractivity contribution in [3.05, 3.63) is 69.2 Å². The lowest BCUT2D eigenvalue weighted by Crippen LogP contribution is -2.24. The third kappa shape index (κ3) is 3.20. The number of amides is 1. The van der Waals surface area contributed by atoms with Gasteiger partial charge in [-0.3, -0.25) is 9.78 Å². The summed E-state index contributed by atoms with van der Waals surface area (Å²) in [7, 11) is 0. The van der Waals surface area contributed by atoms with Crippen LogP contribution in [0.25, 0.3) is 11.1 Å². The van der Waals surface area contributed by atoms with Crippen LogP contribution in [-0.2, 0) is 17.8 Å². The lowest BCUT2D eigenvalue weighted by Gasteiger charge is -2.06. The Labute approximate surface area is 130 Å². The molecule has 5 nitrogen and oxygen atoms in total. The number of hydrogen-bond donors (Lipinski definition) is 2. The van der Waals surface area contributed by atoms with E-state index in [1.165, 1.54) is 0 Å². The molecule has 0 aliphatic heterocycles. The Morgan fingerprint density at radius 3 is 2.86 bits per heavy atom. The Morgan fingerprint density at radius 2 is 2.05 bits per heavy atom. The van der Waals surface area contributed by atoms with Gasteiger partial charge < -0.3 is 9.73 Å². The number of H-pyrrole nitrogens is 1. The van der Waals surface area contributed by atoms with Crippen LogP contribution in [0.3, 0.4) is 0 Å². The summed E-state index contributed by atoms with van der Waals surface area (Å²) in [6, 6.07) is 12.5. The van der Waals surface area contributed by atoms with Crippen LogP contribution in [0.1, 0.15) is 11.1 Å². The summed E-state index contributed by atoms with van der Waals surface area (Å²) in [6.07, 6.45) is 0.223. The monoisotopic (exact) mass is 316 g/mol. The smallest absolute Gasteiger partial charge is 0.408 e. The molecule has 0 aliphatic rings. The molecule has 0 spiro atoms. The van der Waals surface area contributed by atoms with E-state index in [4.69, 9.17) is 16.0 Å². The quantitative estimate of drug-likeness (QED) is 0.777. The van der Waals surface area contributed by atoms with E-state index in [1.54, 1.807) is 18.2 Å². The van der Waals surface area contributed by atoms with Gasteiger partial charge in [-0.15, -0.1) is 0 Å². The summed E-state index contributed by atoms with van der Waals surface area (Å²) >= 11 is 6.03. The molecular formula is C16H13ClN2O3. The summed E-state index contributed by atoms with van der Waals surface area (Å²) in [5.41, 5.74) is 2.75. The summed E-state index contributed by atoms with van der Waals surface area (Å²) in [6.45, 7) is 0.355. The fraction of sp³-hybridized carbons (Fsp3) is 0.125. The van der Waals surface area contributed by atoms with Gasteiger partial charge in [-0.25, -0.2) is 4.79 Å². The van der Waals surface area contributed by atoms with Gasteiger partial charge in [-0.05, 0) is 29.3 Å². The molecule has 22 heavy (non-hydrogen) atoms. The fourth-order valence-electron chi connectivity index (χ4n) is 2.18. The molecule has 0 saturated carbocycles. The van der Waals surface area contributed by atoms with Crippen molar-refractivity contribution in [1.82, 2.24) is 10.3 Å². The highest BCUT2D eigenvalue weighted by molar-refractivity contribution is 6.31. The number of oxazole rings is 1. The molecule has 3 rings (SSSR count). The van der Waals surface area contributed by atoms with Crippen LogP contribution >= 0.6 is 11.6 Å². The molecule has 3 aromatic rings. The standard InChI is InChI=1S/C16H13ClN2O3/c17-12-4-2-1-3-11(12)8-15(20)18-9-10-5-6-13-14(7-10)22-16(21)19-13/h1-7H,8-9H2,(H,18,20)(H,19,21). The maximum atomic E-state index is 12.0. The van der Waals surface area contributed by atoms with E-state index in [0.29, 0.717) is 22.7 Å². The number of benzene rings is 2. The molecule has 1 aromatic heterocycles. The lowest BCUT2D eigenvalue weighted by atomic mass is 10.1. The Balaban J connectivity index is 1.64. The zero-order valence-electron chi connectivity index (χ0n) is 11.6. The zero-order valence-corrected chi connectivity index (χ0v) is 12.3. The molecule has 0 bridgehead atoms. The molecule has 0 unspecified atom stereocenters. The van der Waals surface area contributed by atoms with Crippen molar-refractivity contribution in [3.8, 4) is 0 Å². The van der Waals surface area contributed by atoms with E-state index in [9.17, 15) is 9.59 Å². The van der Waals surface area contributed by atoms with E-state index in [2.05, 4.69) is 10.3 Å². The molecule has 0 radical (unpaired) electrons. The first kappa shape index (κ1) is 14.4. The molecule has 0 atom stereocenters. The van der Waals surface area contributed by atoms with Crippen LogP contribution in [0.5, 0.6) is 0 Å². The third-order valence-electron chi connectivity index (χ3n) is 3.28. The molecule has 0 saturated heterocycles. The summed E-state index contributed by atoms with van der Waals surface area (Å²) in [5.74, 6) is -0.612. The molecule has 112 valence electrons. The number of carbonyl (C=O) groups excluding carboxylic acids is 1. The highest BCUT2D eigenvalue weighted by Gasteiger charge is 2.07. The first-order chi connectivity index (χ1) is 10.6. The van der Waals surface area contributed by atoms with Crippen molar-refractivity contribution in [2.45, 2.75) is 13.0 Å². The van der Waals surface area contributed by atoms with E-state index >= 15 is 0 Å². The minimum Gasteiger partial charge on any atom is -0.408 e. The van der Waals surface area contributed by atoms with Crippen LogP contribution in [0.15, 0.2) is 51.7 Å². The van der Waals surface area contributed by atoms with Gasteiger partial charge in [0, 0.05) is 11.6 Å². The highest BCUT2D eigenvalue weighted by Crippen LogP contribution is 2.15. The predicted octanol–water partition coefficient (Wildman–Crippen LogP) is 2.63. The lowest BCUT2D eigenvalue weighted by molar-refractivity contribution is -0.120. The minimum atomic E-state index is -0.491. The van der Waals surface area contributed by atoms with Crippen LogP contribution in [0.4, 0.5) is 0 Å². The third-order valence-corrected chi connectivity index (χ3v) is 3.65. The maximum Gasteiger partial charge on any atom is 0.417 e. The number of carbonyl (C=O) groups is 1. The van der Waals surface area contributed by atoms with E-state index in [-0.39, 0.29) is 12.3 Å². The van der Waals surface area contributed by atoms with Gasteiger partial charge in [0.15, 0.2) is 5.58 Å². The van der Waals surface area contributed by atoms with Crippen LogP contribution in [-0.4, -0.2) is 10.9 Å². The van der Waals surface area contributed by atoms with Crippen LogP contribution in [0, 0.1) is 0 Å². The number of hydrogen-bond acceptors (Lipinski definition) is 3. The van der Waals surface area contributed by atoms with Gasteiger partial charge in [-0.1, -0.05) is 35.9 Å². The summed E-state index contributed by atoms with van der Waals surface area (Å²) < 4.78 is 4.99. The Hall–Kier alpha value is -2.53. The number of fused-ring (bicyclic) bond motifs is 1. The first-order valence-corrected chi connectivity index (χ1v) is 7.11. The summed E-state index contributed by atoms with van der Waals surface area (Å²) in [4.78, 5) is 25.6. The second kappa shape index (κ2) is 6.07. The van der Waals surface area contributed by atoms with E-state index < -0.39 is 5.76 Å². The number of nitrogens with one attached hydrogen (secondary N) is 2. The zero-order chi connectivity index (χ0) is 15.5. The predicted molar refractivity (Wildman–Crippen MR) is 83.8 cm³/mol. The Kier molecular flexibility index (Phi) is 3.98. The van der Waals surface area contributed by atoms with Gasteiger partial charge >= 0.3 is 5.76 Å². The molecule has 2 N–H and O–H groups in total. The molecule has 1 heterocycles. The molecular weight excluding hydrogens is 304 g/mol. The molecule has 2 aromatic carbocycles. The average molecular weight is 317 g/mol. The molecule has 0 fully saturated rings. The SMILES string of the molecule is O=C(Cc1ccccc1Cl)NCc1ccc2[nH]c(=O)oc2c1. The second-order valence-corrected chi connectivity index (χ2v) is 5.30. The van der Waals surface area contributed by atoms with Gasteiger partial charge in [0.1, 0.15) is 0 Å². The van der Waals surface area contributed by atoms with E-state index in [0.717, 1.165) is 11.1 Å². The second-order valence-electron chi connectivity index (χ2n) is 4.89. The largest absolute Gasteiger partial charge is 0.417 e. The summed E-state index contributed by atoms with van der Waals surface area (Å²) in [5, 5.41) is 3.40. The highest BCUT2D eigenvalue weighted by atomic mass is 35.5. The van der Waals surface area contributed by atoms with E-state index in [1.807, 2.05) is 24.3 Å². The van der Waals surface area contributed by atoms with Gasteiger partial charge in [-0.2, -0.15) is 0 Å². The maximum absolute atomic E-state index is 12.0. The number of aromatic amines is 1. The van der Waals surface area contributed by atoms with Crippen molar-refractivity contribution in [1.29, 1.82) is 0 Å². The van der Waals surface area contributed by atoms with Gasteiger partial charge in [0.2, 0.25) is 5.91 Å². The van der Waals surface area contributed by atoms with Crippen molar-refractivity contribution in [2.24, 2.45) is 0 Å². The van der Waals surface area contributed by atoms with Crippen molar-refractivity contribution >= 4 is 28.6 Å². The van der Waals surface area contributed by atoms with Crippen LogP contribution < -0.4 is 11.1 Å². The molecule has 0 aliphatic carbocycles. The Bertz CT molecular complexity index is 882. The van der Waals surface area contributed by atoms with Crippen molar-refractivity contribution < 1.29 is 9.21 Å². The van der Waals surface area contributed by atoms with Gasteiger partial charge in [0.05, 0.1) is 11.9 Å². The Morgan fingerprint density at radius 1 is 1.23 bits per heavy atom. The van der Waals surface area contributed by atoms with Gasteiger partial charge in [0.25, 0.3) is 0 Å². The number of halogens is 1. The van der Waals surface area contributed by atoms with Crippen molar-refractivity contribution in [2.75, 3.05) is 0 Å². The topological polar surface area (TPSA) is 75.1 Å². The first-order valence-electron chi connectivity index (χ1n) is 6.74. The van der Waals surface area contributed by atoms with Crippen LogP contribution in [0.2, 0.25) is 5.02 Å². The minimum absolute atomic E-state index is 0.122.